The third-order valence-electron chi connectivity index (χ3n) is 1.80. The van der Waals surface area contributed by atoms with E-state index in [1.807, 2.05) is 19.0 Å². The first-order valence-electron chi connectivity index (χ1n) is 4.16. The van der Waals surface area contributed by atoms with Gasteiger partial charge < -0.3 is 4.90 Å². The highest BCUT2D eigenvalue weighted by Crippen LogP contribution is 2.12. The summed E-state index contributed by atoms with van der Waals surface area (Å²) in [5, 5.41) is 8.55. The van der Waals surface area contributed by atoms with Crippen molar-refractivity contribution in [2.24, 2.45) is 0 Å². The second-order valence-corrected chi connectivity index (χ2v) is 3.66. The number of rotatable bonds is 2. The van der Waals surface area contributed by atoms with Gasteiger partial charge in [0.2, 0.25) is 0 Å². The number of aromatic nitrogens is 4. The first-order chi connectivity index (χ1) is 6.68. The SMILES string of the molecule is CN(C)Cc1nnc2cncc(Cl)n12. The Hall–Kier alpha value is -1.20. The summed E-state index contributed by atoms with van der Waals surface area (Å²) in [6.45, 7) is 0.699. The standard InChI is InChI=1S/C8H10ClN5/c1-13(2)5-8-12-11-7-4-10-3-6(9)14(7)8/h3-4H,5H2,1-2H3. The molecule has 2 rings (SSSR count). The van der Waals surface area contributed by atoms with E-state index in [9.17, 15) is 0 Å². The van der Waals surface area contributed by atoms with E-state index in [1.54, 1.807) is 16.8 Å². The summed E-state index contributed by atoms with van der Waals surface area (Å²) in [4.78, 5) is 5.94. The van der Waals surface area contributed by atoms with Crippen LogP contribution in [0, 0.1) is 0 Å². The Morgan fingerprint density at radius 3 is 2.86 bits per heavy atom. The summed E-state index contributed by atoms with van der Waals surface area (Å²) in [6.07, 6.45) is 3.22. The molecular formula is C8H10ClN5. The molecule has 0 fully saturated rings. The molecule has 6 heteroatoms. The second-order valence-electron chi connectivity index (χ2n) is 3.28. The molecule has 0 aromatic carbocycles. The van der Waals surface area contributed by atoms with Crippen molar-refractivity contribution in [1.82, 2.24) is 24.5 Å². The molecule has 0 unspecified atom stereocenters. The maximum Gasteiger partial charge on any atom is 0.180 e. The van der Waals surface area contributed by atoms with Gasteiger partial charge in [-0.1, -0.05) is 11.6 Å². The lowest BCUT2D eigenvalue weighted by atomic mass is 10.5. The minimum atomic E-state index is 0.532. The van der Waals surface area contributed by atoms with Crippen molar-refractivity contribution in [3.8, 4) is 0 Å². The van der Waals surface area contributed by atoms with Gasteiger partial charge in [-0.25, -0.2) is 0 Å². The zero-order valence-electron chi connectivity index (χ0n) is 7.98. The maximum atomic E-state index is 5.99. The second kappa shape index (κ2) is 3.51. The molecule has 0 radical (unpaired) electrons. The van der Waals surface area contributed by atoms with Crippen molar-refractivity contribution < 1.29 is 0 Å². The normalized spacial score (nSPS) is 11.4. The van der Waals surface area contributed by atoms with Crippen LogP contribution >= 0.6 is 11.6 Å². The molecule has 0 aliphatic rings. The number of halogens is 1. The van der Waals surface area contributed by atoms with Gasteiger partial charge in [0.1, 0.15) is 5.15 Å². The monoisotopic (exact) mass is 211 g/mol. The molecule has 0 aliphatic carbocycles. The Labute approximate surface area is 86.3 Å². The van der Waals surface area contributed by atoms with Gasteiger partial charge in [-0.15, -0.1) is 10.2 Å². The number of hydrogen-bond acceptors (Lipinski definition) is 4. The fourth-order valence-electron chi connectivity index (χ4n) is 1.26. The van der Waals surface area contributed by atoms with Crippen molar-refractivity contribution in [3.05, 3.63) is 23.4 Å². The van der Waals surface area contributed by atoms with Crippen LogP contribution < -0.4 is 0 Å². The van der Waals surface area contributed by atoms with Crippen LogP contribution in [0.3, 0.4) is 0 Å². The van der Waals surface area contributed by atoms with Gasteiger partial charge in [0.15, 0.2) is 11.5 Å². The van der Waals surface area contributed by atoms with E-state index < -0.39 is 0 Å². The fraction of sp³-hybridized carbons (Fsp3) is 0.375. The highest BCUT2D eigenvalue weighted by atomic mass is 35.5. The Morgan fingerprint density at radius 2 is 2.14 bits per heavy atom. The first kappa shape index (κ1) is 9.36. The fourth-order valence-corrected chi connectivity index (χ4v) is 1.50. The third kappa shape index (κ3) is 1.56. The summed E-state index contributed by atoms with van der Waals surface area (Å²) < 4.78 is 1.79. The third-order valence-corrected chi connectivity index (χ3v) is 2.06. The molecule has 0 saturated heterocycles. The van der Waals surface area contributed by atoms with E-state index in [2.05, 4.69) is 15.2 Å². The Bertz CT molecular complexity index is 450. The average molecular weight is 212 g/mol. The van der Waals surface area contributed by atoms with E-state index in [1.165, 1.54) is 0 Å². The van der Waals surface area contributed by atoms with E-state index in [0.717, 1.165) is 5.82 Å². The lowest BCUT2D eigenvalue weighted by Gasteiger charge is -2.07. The molecule has 0 atom stereocenters. The Morgan fingerprint density at radius 1 is 1.36 bits per heavy atom. The van der Waals surface area contributed by atoms with E-state index in [-0.39, 0.29) is 0 Å². The molecule has 0 amide bonds. The van der Waals surface area contributed by atoms with E-state index in [4.69, 9.17) is 11.6 Å². The quantitative estimate of drug-likeness (QED) is 0.739. The molecular weight excluding hydrogens is 202 g/mol. The van der Waals surface area contributed by atoms with Crippen LogP contribution in [0.15, 0.2) is 12.4 Å². The molecule has 14 heavy (non-hydrogen) atoms. The predicted octanol–water partition coefficient (Wildman–Crippen LogP) is 0.839. The molecule has 0 bridgehead atoms. The van der Waals surface area contributed by atoms with Crippen LogP contribution in [0.1, 0.15) is 5.82 Å². The maximum absolute atomic E-state index is 5.99. The van der Waals surface area contributed by atoms with Crippen LogP contribution in [-0.2, 0) is 6.54 Å². The van der Waals surface area contributed by atoms with Crippen molar-refractivity contribution >= 4 is 17.2 Å². The van der Waals surface area contributed by atoms with Gasteiger partial charge in [0.05, 0.1) is 18.9 Å². The van der Waals surface area contributed by atoms with E-state index in [0.29, 0.717) is 17.3 Å². The minimum Gasteiger partial charge on any atom is -0.302 e. The molecule has 0 aliphatic heterocycles. The topological polar surface area (TPSA) is 46.3 Å². The molecule has 0 saturated carbocycles. The first-order valence-corrected chi connectivity index (χ1v) is 4.54. The molecule has 74 valence electrons. The van der Waals surface area contributed by atoms with Gasteiger partial charge >= 0.3 is 0 Å². The summed E-state index contributed by atoms with van der Waals surface area (Å²) in [5.41, 5.74) is 0.675. The van der Waals surface area contributed by atoms with Gasteiger partial charge in [-0.3, -0.25) is 9.38 Å². The highest BCUT2D eigenvalue weighted by molar-refractivity contribution is 6.29. The van der Waals surface area contributed by atoms with Crippen LogP contribution in [0.2, 0.25) is 5.15 Å². The largest absolute Gasteiger partial charge is 0.302 e. The number of hydrogen-bond donors (Lipinski definition) is 0. The molecule has 2 aromatic heterocycles. The van der Waals surface area contributed by atoms with E-state index >= 15 is 0 Å². The zero-order chi connectivity index (χ0) is 10.1. The van der Waals surface area contributed by atoms with Gasteiger partial charge in [-0.2, -0.15) is 0 Å². The molecule has 0 spiro atoms. The summed E-state index contributed by atoms with van der Waals surface area (Å²) in [7, 11) is 3.94. The Kier molecular flexibility index (Phi) is 2.35. The van der Waals surface area contributed by atoms with Gasteiger partial charge in [0.25, 0.3) is 0 Å². The van der Waals surface area contributed by atoms with Crippen LogP contribution in [0.25, 0.3) is 5.65 Å². The van der Waals surface area contributed by atoms with Crippen LogP contribution in [-0.4, -0.2) is 38.6 Å². The average Bonchev–Trinajstić information content (AvgIpc) is 2.49. The lowest BCUT2D eigenvalue weighted by Crippen LogP contribution is -2.13. The molecule has 5 nitrogen and oxygen atoms in total. The summed E-state index contributed by atoms with van der Waals surface area (Å²) >= 11 is 5.99. The number of nitrogens with zero attached hydrogens (tertiary/aromatic N) is 5. The zero-order valence-corrected chi connectivity index (χ0v) is 8.73. The summed E-state index contributed by atoms with van der Waals surface area (Å²) in [6, 6.07) is 0. The predicted molar refractivity (Wildman–Crippen MR) is 53.2 cm³/mol. The molecule has 2 heterocycles. The van der Waals surface area contributed by atoms with Gasteiger partial charge in [-0.05, 0) is 14.1 Å². The van der Waals surface area contributed by atoms with Crippen molar-refractivity contribution in [3.63, 3.8) is 0 Å². The number of fused-ring (bicyclic) bond motifs is 1. The van der Waals surface area contributed by atoms with Crippen molar-refractivity contribution in [2.45, 2.75) is 6.54 Å². The summed E-state index contributed by atoms with van der Waals surface area (Å²) in [5.74, 6) is 0.817. The van der Waals surface area contributed by atoms with Crippen LogP contribution in [0.5, 0.6) is 0 Å². The van der Waals surface area contributed by atoms with Crippen molar-refractivity contribution in [2.75, 3.05) is 14.1 Å². The highest BCUT2D eigenvalue weighted by Gasteiger charge is 2.08. The van der Waals surface area contributed by atoms with Crippen LogP contribution in [0.4, 0.5) is 0 Å². The van der Waals surface area contributed by atoms with Crippen molar-refractivity contribution in [1.29, 1.82) is 0 Å². The smallest absolute Gasteiger partial charge is 0.180 e. The Balaban J connectivity index is 2.55. The minimum absolute atomic E-state index is 0.532. The lowest BCUT2D eigenvalue weighted by molar-refractivity contribution is 0.388. The molecule has 0 N–H and O–H groups in total. The molecule has 2 aromatic rings. The van der Waals surface area contributed by atoms with Gasteiger partial charge in [0, 0.05) is 0 Å².